The number of hydrogen-bond donors (Lipinski definition) is 2. The van der Waals surface area contributed by atoms with E-state index in [-0.39, 0.29) is 17.8 Å². The van der Waals surface area contributed by atoms with Crippen LogP contribution in [-0.2, 0) is 0 Å². The molecule has 0 aliphatic heterocycles. The van der Waals surface area contributed by atoms with Crippen molar-refractivity contribution in [2.45, 2.75) is 25.9 Å². The van der Waals surface area contributed by atoms with Crippen molar-refractivity contribution in [3.63, 3.8) is 0 Å². The lowest BCUT2D eigenvalue weighted by atomic mass is 10.1. The van der Waals surface area contributed by atoms with Crippen LogP contribution < -0.4 is 5.32 Å². The number of carboxylic acid groups (broad SMARTS) is 1. The highest BCUT2D eigenvalue weighted by molar-refractivity contribution is 9.10. The molecule has 1 heterocycles. The average molecular weight is 338 g/mol. The van der Waals surface area contributed by atoms with E-state index in [9.17, 15) is 4.79 Å². The van der Waals surface area contributed by atoms with E-state index in [4.69, 9.17) is 9.52 Å². The van der Waals surface area contributed by atoms with E-state index in [2.05, 4.69) is 34.2 Å². The van der Waals surface area contributed by atoms with Gasteiger partial charge in [0.1, 0.15) is 5.76 Å². The van der Waals surface area contributed by atoms with Crippen LogP contribution in [0.3, 0.4) is 0 Å². The summed E-state index contributed by atoms with van der Waals surface area (Å²) in [6.07, 6.45) is 0. The lowest BCUT2D eigenvalue weighted by molar-refractivity contribution is 0.0659. The summed E-state index contributed by atoms with van der Waals surface area (Å²) in [6, 6.07) is 11.3. The van der Waals surface area contributed by atoms with E-state index in [1.807, 2.05) is 25.1 Å². The molecule has 4 nitrogen and oxygen atoms in total. The number of benzene rings is 1. The molecule has 0 spiro atoms. The Morgan fingerprint density at radius 3 is 2.60 bits per heavy atom. The summed E-state index contributed by atoms with van der Waals surface area (Å²) in [5.74, 6) is -0.475. The number of hydrogen-bond acceptors (Lipinski definition) is 3. The standard InChI is InChI=1S/C15H16BrNO3/c1-9(11-4-3-5-12(16)8-11)17-10(2)13-6-7-14(20-13)15(18)19/h3-10,17H,1-2H3,(H,18,19). The molecule has 1 aromatic carbocycles. The lowest BCUT2D eigenvalue weighted by Gasteiger charge is -2.19. The smallest absolute Gasteiger partial charge is 0.371 e. The molecule has 0 radical (unpaired) electrons. The molecule has 20 heavy (non-hydrogen) atoms. The van der Waals surface area contributed by atoms with Gasteiger partial charge in [0.05, 0.1) is 6.04 Å². The predicted molar refractivity (Wildman–Crippen MR) is 79.8 cm³/mol. The van der Waals surface area contributed by atoms with Gasteiger partial charge in [0, 0.05) is 10.5 Å². The Morgan fingerprint density at radius 1 is 1.25 bits per heavy atom. The third kappa shape index (κ3) is 3.49. The van der Waals surface area contributed by atoms with Gasteiger partial charge in [-0.15, -0.1) is 0 Å². The average Bonchev–Trinajstić information content (AvgIpc) is 2.88. The van der Waals surface area contributed by atoms with Gasteiger partial charge in [-0.25, -0.2) is 4.79 Å². The number of halogens is 1. The Bertz CT molecular complexity index is 609. The molecule has 2 unspecified atom stereocenters. The van der Waals surface area contributed by atoms with Crippen LogP contribution in [0.2, 0.25) is 0 Å². The van der Waals surface area contributed by atoms with Crippen molar-refractivity contribution in [1.82, 2.24) is 5.32 Å². The SMILES string of the molecule is CC(NC(C)c1ccc(C(=O)O)o1)c1cccc(Br)c1. The zero-order valence-corrected chi connectivity index (χ0v) is 12.8. The first-order valence-electron chi connectivity index (χ1n) is 6.32. The number of carboxylic acids is 1. The summed E-state index contributed by atoms with van der Waals surface area (Å²) in [4.78, 5) is 10.8. The second-order valence-corrected chi connectivity index (χ2v) is 5.59. The van der Waals surface area contributed by atoms with Gasteiger partial charge in [0.15, 0.2) is 0 Å². The zero-order chi connectivity index (χ0) is 14.7. The van der Waals surface area contributed by atoms with E-state index < -0.39 is 5.97 Å². The van der Waals surface area contributed by atoms with Crippen molar-refractivity contribution in [3.8, 4) is 0 Å². The second kappa shape index (κ2) is 6.24. The molecule has 2 N–H and O–H groups in total. The molecule has 2 atom stereocenters. The van der Waals surface area contributed by atoms with Gasteiger partial charge in [-0.05, 0) is 43.7 Å². The molecule has 2 aromatic rings. The second-order valence-electron chi connectivity index (χ2n) is 4.67. The highest BCUT2D eigenvalue weighted by atomic mass is 79.9. The topological polar surface area (TPSA) is 62.5 Å². The van der Waals surface area contributed by atoms with Crippen molar-refractivity contribution < 1.29 is 14.3 Å². The van der Waals surface area contributed by atoms with Crippen LogP contribution in [0, 0.1) is 0 Å². The summed E-state index contributed by atoms with van der Waals surface area (Å²) < 4.78 is 6.33. The van der Waals surface area contributed by atoms with Crippen molar-refractivity contribution >= 4 is 21.9 Å². The summed E-state index contributed by atoms with van der Waals surface area (Å²) >= 11 is 3.45. The van der Waals surface area contributed by atoms with Gasteiger partial charge in [-0.3, -0.25) is 0 Å². The molecule has 2 rings (SSSR count). The Labute approximate surface area is 125 Å². The maximum absolute atomic E-state index is 10.8. The maximum atomic E-state index is 10.8. The number of nitrogens with one attached hydrogen (secondary N) is 1. The molecule has 0 fully saturated rings. The minimum absolute atomic E-state index is 0.0382. The fraction of sp³-hybridized carbons (Fsp3) is 0.267. The molecule has 0 aliphatic carbocycles. The summed E-state index contributed by atoms with van der Waals surface area (Å²) in [7, 11) is 0. The Kier molecular flexibility index (Phi) is 4.62. The van der Waals surface area contributed by atoms with Crippen LogP contribution in [0.15, 0.2) is 45.3 Å². The molecule has 5 heteroatoms. The van der Waals surface area contributed by atoms with E-state index in [0.29, 0.717) is 5.76 Å². The molecule has 0 amide bonds. The van der Waals surface area contributed by atoms with E-state index in [0.717, 1.165) is 10.0 Å². The number of rotatable bonds is 5. The maximum Gasteiger partial charge on any atom is 0.371 e. The Hall–Kier alpha value is -1.59. The molecule has 0 saturated heterocycles. The van der Waals surface area contributed by atoms with Gasteiger partial charge >= 0.3 is 5.97 Å². The highest BCUT2D eigenvalue weighted by Crippen LogP contribution is 2.23. The quantitative estimate of drug-likeness (QED) is 0.860. The van der Waals surface area contributed by atoms with Crippen LogP contribution in [0.4, 0.5) is 0 Å². The van der Waals surface area contributed by atoms with Crippen molar-refractivity contribution in [3.05, 3.63) is 58.0 Å². The first kappa shape index (κ1) is 14.8. The van der Waals surface area contributed by atoms with Crippen LogP contribution >= 0.6 is 15.9 Å². The normalized spacial score (nSPS) is 13.9. The van der Waals surface area contributed by atoms with Crippen LogP contribution in [-0.4, -0.2) is 11.1 Å². The third-order valence-corrected chi connectivity index (χ3v) is 3.61. The zero-order valence-electron chi connectivity index (χ0n) is 11.3. The van der Waals surface area contributed by atoms with Crippen LogP contribution in [0.1, 0.15) is 47.8 Å². The molecule has 0 bridgehead atoms. The van der Waals surface area contributed by atoms with Crippen molar-refractivity contribution in [2.75, 3.05) is 0 Å². The van der Waals surface area contributed by atoms with Gasteiger partial charge in [0.2, 0.25) is 5.76 Å². The lowest BCUT2D eigenvalue weighted by Crippen LogP contribution is -2.22. The highest BCUT2D eigenvalue weighted by Gasteiger charge is 2.16. The monoisotopic (exact) mass is 337 g/mol. The number of carbonyl (C=O) groups is 1. The van der Waals surface area contributed by atoms with E-state index >= 15 is 0 Å². The van der Waals surface area contributed by atoms with Gasteiger partial charge in [-0.1, -0.05) is 28.1 Å². The minimum Gasteiger partial charge on any atom is -0.475 e. The molecule has 1 aromatic heterocycles. The fourth-order valence-corrected chi connectivity index (χ4v) is 2.45. The first-order valence-corrected chi connectivity index (χ1v) is 7.11. The summed E-state index contributed by atoms with van der Waals surface area (Å²) in [6.45, 7) is 4.00. The predicted octanol–water partition coefficient (Wildman–Crippen LogP) is 4.15. The van der Waals surface area contributed by atoms with Gasteiger partial charge < -0.3 is 14.8 Å². The first-order chi connectivity index (χ1) is 9.47. The summed E-state index contributed by atoms with van der Waals surface area (Å²) in [5.41, 5.74) is 1.15. The molecular weight excluding hydrogens is 322 g/mol. The number of furan rings is 1. The molecule has 106 valence electrons. The molecule has 0 aliphatic rings. The Morgan fingerprint density at radius 2 is 2.00 bits per heavy atom. The summed E-state index contributed by atoms with van der Waals surface area (Å²) in [5, 5.41) is 12.2. The van der Waals surface area contributed by atoms with Crippen molar-refractivity contribution in [2.24, 2.45) is 0 Å². The van der Waals surface area contributed by atoms with Gasteiger partial charge in [0.25, 0.3) is 0 Å². The van der Waals surface area contributed by atoms with Crippen LogP contribution in [0.5, 0.6) is 0 Å². The minimum atomic E-state index is -1.05. The van der Waals surface area contributed by atoms with E-state index in [1.165, 1.54) is 6.07 Å². The largest absolute Gasteiger partial charge is 0.475 e. The van der Waals surface area contributed by atoms with E-state index in [1.54, 1.807) is 6.07 Å². The Balaban J connectivity index is 2.06. The third-order valence-electron chi connectivity index (χ3n) is 3.11. The van der Waals surface area contributed by atoms with Crippen LogP contribution in [0.25, 0.3) is 0 Å². The molecular formula is C15H16BrNO3. The van der Waals surface area contributed by atoms with Gasteiger partial charge in [-0.2, -0.15) is 0 Å². The molecule has 0 saturated carbocycles. The number of aromatic carboxylic acids is 1. The fourth-order valence-electron chi connectivity index (χ4n) is 2.03. The van der Waals surface area contributed by atoms with Crippen molar-refractivity contribution in [1.29, 1.82) is 0 Å².